The van der Waals surface area contributed by atoms with Gasteiger partial charge in [0.1, 0.15) is 5.76 Å². The molecule has 0 heterocycles. The van der Waals surface area contributed by atoms with Crippen LogP contribution in [0, 0.1) is 11.3 Å². The molecule has 3 aliphatic rings. The van der Waals surface area contributed by atoms with E-state index >= 15 is 0 Å². The number of allylic oxidation sites excluding steroid dienone is 7. The minimum absolute atomic E-state index is 0.130. The van der Waals surface area contributed by atoms with Gasteiger partial charge in [-0.1, -0.05) is 30.7 Å². The summed E-state index contributed by atoms with van der Waals surface area (Å²) < 4.78 is 0. The molecule has 0 aliphatic heterocycles. The van der Waals surface area contributed by atoms with E-state index in [4.69, 9.17) is 0 Å². The summed E-state index contributed by atoms with van der Waals surface area (Å²) in [5.41, 5.74) is 4.16. The highest BCUT2D eigenvalue weighted by atomic mass is 16.3. The maximum atomic E-state index is 9.63. The summed E-state index contributed by atoms with van der Waals surface area (Å²) >= 11 is 0. The van der Waals surface area contributed by atoms with Gasteiger partial charge in [0.25, 0.3) is 0 Å². The number of hydrogen-bond acceptors (Lipinski definition) is 1. The molecule has 2 atom stereocenters. The summed E-state index contributed by atoms with van der Waals surface area (Å²) in [6.45, 7) is 4.45. The van der Waals surface area contributed by atoms with E-state index in [2.05, 4.69) is 32.1 Å². The maximum absolute atomic E-state index is 9.63. The number of aliphatic hydroxyl groups is 1. The molecule has 1 nitrogen and oxygen atoms in total. The lowest BCUT2D eigenvalue weighted by Gasteiger charge is -2.24. The van der Waals surface area contributed by atoms with E-state index in [1.807, 2.05) is 6.08 Å². The van der Waals surface area contributed by atoms with Gasteiger partial charge in [0, 0.05) is 5.41 Å². The highest BCUT2D eigenvalue weighted by Crippen LogP contribution is 2.56. The molecular weight excluding hydrogens is 172 g/mol. The molecule has 0 amide bonds. The molecule has 0 aromatic rings. The van der Waals surface area contributed by atoms with Crippen LogP contribution in [0.25, 0.3) is 0 Å². The first-order chi connectivity index (χ1) is 6.62. The third-order valence-electron chi connectivity index (χ3n) is 3.85. The summed E-state index contributed by atoms with van der Waals surface area (Å²) in [5, 5.41) is 9.63. The Hall–Kier alpha value is -1.24. The van der Waals surface area contributed by atoms with E-state index in [9.17, 15) is 5.11 Å². The Morgan fingerprint density at radius 2 is 2.29 bits per heavy atom. The van der Waals surface area contributed by atoms with Crippen molar-refractivity contribution in [2.45, 2.75) is 20.3 Å². The first-order valence-electron chi connectivity index (χ1n) is 5.15. The van der Waals surface area contributed by atoms with Gasteiger partial charge in [-0.25, -0.2) is 0 Å². The van der Waals surface area contributed by atoms with Crippen molar-refractivity contribution in [2.75, 3.05) is 0 Å². The van der Waals surface area contributed by atoms with Crippen LogP contribution in [0.15, 0.2) is 46.8 Å². The van der Waals surface area contributed by atoms with E-state index in [0.717, 1.165) is 12.0 Å². The molecule has 1 heteroatoms. The average molecular weight is 186 g/mol. The van der Waals surface area contributed by atoms with E-state index in [0.29, 0.717) is 11.7 Å². The highest BCUT2D eigenvalue weighted by molar-refractivity contribution is 5.57. The molecule has 0 saturated carbocycles. The van der Waals surface area contributed by atoms with Crippen LogP contribution in [0.5, 0.6) is 0 Å². The van der Waals surface area contributed by atoms with Crippen LogP contribution in [0.4, 0.5) is 0 Å². The standard InChI is InChI=1S/C13H14O/c1-8-6-13-4-3-12(14)10(7-13)5-11(13)9(8)2/h3-6,9,14H,7H2,1-2H3. The van der Waals surface area contributed by atoms with Crippen LogP contribution < -0.4 is 0 Å². The Morgan fingerprint density at radius 3 is 3.07 bits per heavy atom. The van der Waals surface area contributed by atoms with Gasteiger partial charge < -0.3 is 5.11 Å². The number of aliphatic hydroxyl groups excluding tert-OH is 1. The van der Waals surface area contributed by atoms with Crippen molar-refractivity contribution in [2.24, 2.45) is 11.3 Å². The fourth-order valence-corrected chi connectivity index (χ4v) is 2.93. The molecule has 3 rings (SSSR count). The monoisotopic (exact) mass is 186 g/mol. The van der Waals surface area contributed by atoms with Gasteiger partial charge in [-0.05, 0) is 36.5 Å². The number of fused-ring (bicyclic) bond motifs is 1. The van der Waals surface area contributed by atoms with E-state index in [1.165, 1.54) is 11.1 Å². The lowest BCUT2D eigenvalue weighted by atomic mass is 9.79. The van der Waals surface area contributed by atoms with Crippen molar-refractivity contribution >= 4 is 0 Å². The van der Waals surface area contributed by atoms with Crippen LogP contribution >= 0.6 is 0 Å². The molecule has 0 saturated heterocycles. The van der Waals surface area contributed by atoms with Gasteiger partial charge in [-0.15, -0.1) is 0 Å². The lowest BCUT2D eigenvalue weighted by Crippen LogP contribution is -2.14. The van der Waals surface area contributed by atoms with Crippen LogP contribution in [0.2, 0.25) is 0 Å². The van der Waals surface area contributed by atoms with Crippen molar-refractivity contribution < 1.29 is 5.11 Å². The third kappa shape index (κ3) is 0.759. The highest BCUT2D eigenvalue weighted by Gasteiger charge is 2.44. The van der Waals surface area contributed by atoms with Gasteiger partial charge in [0.05, 0.1) is 0 Å². The second kappa shape index (κ2) is 2.22. The quantitative estimate of drug-likeness (QED) is 0.575. The molecule has 2 unspecified atom stereocenters. The zero-order chi connectivity index (χ0) is 9.92. The Bertz CT molecular complexity index is 434. The fraction of sp³-hybridized carbons (Fsp3) is 0.385. The first-order valence-corrected chi connectivity index (χ1v) is 5.15. The molecule has 72 valence electrons. The average Bonchev–Trinajstić information content (AvgIpc) is 2.57. The molecule has 0 fully saturated rings. The van der Waals surface area contributed by atoms with Crippen molar-refractivity contribution in [3.05, 3.63) is 46.8 Å². The predicted molar refractivity (Wildman–Crippen MR) is 56.8 cm³/mol. The molecule has 0 aromatic carbocycles. The molecule has 0 radical (unpaired) electrons. The molecule has 1 N–H and O–H groups in total. The van der Waals surface area contributed by atoms with Crippen LogP contribution in [0.3, 0.4) is 0 Å². The zero-order valence-electron chi connectivity index (χ0n) is 8.54. The number of hydrogen-bond donors (Lipinski definition) is 1. The second-order valence-electron chi connectivity index (χ2n) is 4.67. The lowest BCUT2D eigenvalue weighted by molar-refractivity contribution is 0.414. The SMILES string of the molecule is CC1=CC23C=CC(O)=C(C=C2C1C)C3. The smallest absolute Gasteiger partial charge is 0.118 e. The Kier molecular flexibility index (Phi) is 1.28. The van der Waals surface area contributed by atoms with Crippen LogP contribution in [-0.4, -0.2) is 5.11 Å². The summed E-state index contributed by atoms with van der Waals surface area (Å²) in [7, 11) is 0. The third-order valence-corrected chi connectivity index (χ3v) is 3.85. The zero-order valence-corrected chi connectivity index (χ0v) is 8.54. The van der Waals surface area contributed by atoms with E-state index in [1.54, 1.807) is 0 Å². The minimum Gasteiger partial charge on any atom is -0.508 e. The Balaban J connectivity index is 2.21. The predicted octanol–water partition coefficient (Wildman–Crippen LogP) is 3.28. The normalized spacial score (nSPS) is 38.6. The summed E-state index contributed by atoms with van der Waals surface area (Å²) in [6.07, 6.45) is 9.51. The topological polar surface area (TPSA) is 20.2 Å². The molecule has 0 aromatic heterocycles. The maximum Gasteiger partial charge on any atom is 0.118 e. The summed E-state index contributed by atoms with van der Waals surface area (Å²) in [4.78, 5) is 0. The molecule has 2 bridgehead atoms. The van der Waals surface area contributed by atoms with Gasteiger partial charge in [0.15, 0.2) is 0 Å². The van der Waals surface area contributed by atoms with Crippen molar-refractivity contribution in [3.8, 4) is 0 Å². The molecule has 1 spiro atoms. The summed E-state index contributed by atoms with van der Waals surface area (Å²) in [6, 6.07) is 0. The van der Waals surface area contributed by atoms with Gasteiger partial charge in [0.2, 0.25) is 0 Å². The van der Waals surface area contributed by atoms with Gasteiger partial charge in [-0.3, -0.25) is 0 Å². The summed E-state index contributed by atoms with van der Waals surface area (Å²) in [5.74, 6) is 0.999. The fourth-order valence-electron chi connectivity index (χ4n) is 2.93. The first kappa shape index (κ1) is 8.10. The van der Waals surface area contributed by atoms with Crippen molar-refractivity contribution in [1.82, 2.24) is 0 Å². The largest absolute Gasteiger partial charge is 0.508 e. The van der Waals surface area contributed by atoms with Crippen LogP contribution in [0.1, 0.15) is 20.3 Å². The van der Waals surface area contributed by atoms with E-state index < -0.39 is 0 Å². The minimum atomic E-state index is 0.130. The number of rotatable bonds is 0. The van der Waals surface area contributed by atoms with Crippen molar-refractivity contribution in [1.29, 1.82) is 0 Å². The Morgan fingerprint density at radius 1 is 1.50 bits per heavy atom. The van der Waals surface area contributed by atoms with Crippen LogP contribution in [-0.2, 0) is 0 Å². The Labute approximate surface area is 84.1 Å². The van der Waals surface area contributed by atoms with E-state index in [-0.39, 0.29) is 5.41 Å². The second-order valence-corrected chi connectivity index (χ2v) is 4.67. The van der Waals surface area contributed by atoms with Gasteiger partial charge >= 0.3 is 0 Å². The molecular formula is C13H14O. The molecule has 14 heavy (non-hydrogen) atoms. The molecule has 3 aliphatic carbocycles. The van der Waals surface area contributed by atoms with Crippen molar-refractivity contribution in [3.63, 3.8) is 0 Å². The van der Waals surface area contributed by atoms with Gasteiger partial charge in [-0.2, -0.15) is 0 Å².